The quantitative estimate of drug-likeness (QED) is 0.685. The number of benzene rings is 1. The molecule has 2 saturated heterocycles. The standard InChI is InChI=1S/C23H34N2O4/c1-6-11-25-21(26)14-19(22(27)29-5)23(25)9-12-24(13-10-23)15-18-7-8-20(28-4)17(3)16(18)2/h7-8,19H,6,9-15H2,1-5H3. The van der Waals surface area contributed by atoms with Gasteiger partial charge in [-0.3, -0.25) is 14.5 Å². The van der Waals surface area contributed by atoms with Crippen LogP contribution < -0.4 is 4.74 Å². The van der Waals surface area contributed by atoms with Crippen molar-refractivity contribution < 1.29 is 19.1 Å². The van der Waals surface area contributed by atoms with Crippen molar-refractivity contribution in [2.24, 2.45) is 5.92 Å². The monoisotopic (exact) mass is 402 g/mol. The maximum absolute atomic E-state index is 12.7. The molecular weight excluding hydrogens is 368 g/mol. The highest BCUT2D eigenvalue weighted by Crippen LogP contribution is 2.44. The van der Waals surface area contributed by atoms with Gasteiger partial charge < -0.3 is 14.4 Å². The smallest absolute Gasteiger partial charge is 0.311 e. The number of likely N-dealkylation sites (tertiary alicyclic amines) is 2. The van der Waals surface area contributed by atoms with E-state index in [2.05, 4.69) is 31.7 Å². The summed E-state index contributed by atoms with van der Waals surface area (Å²) in [7, 11) is 3.13. The Kier molecular flexibility index (Phi) is 6.52. The fourth-order valence-corrected chi connectivity index (χ4v) is 5.13. The van der Waals surface area contributed by atoms with Gasteiger partial charge in [-0.25, -0.2) is 0 Å². The minimum atomic E-state index is -0.387. The summed E-state index contributed by atoms with van der Waals surface area (Å²) < 4.78 is 10.5. The summed E-state index contributed by atoms with van der Waals surface area (Å²) in [6.07, 6.45) is 2.80. The number of carbonyl (C=O) groups is 2. The van der Waals surface area contributed by atoms with Crippen molar-refractivity contribution in [3.63, 3.8) is 0 Å². The largest absolute Gasteiger partial charge is 0.496 e. The van der Waals surface area contributed by atoms with Crippen LogP contribution in [0.2, 0.25) is 0 Å². The molecule has 29 heavy (non-hydrogen) atoms. The Bertz CT molecular complexity index is 768. The summed E-state index contributed by atoms with van der Waals surface area (Å²) in [4.78, 5) is 29.6. The molecule has 2 fully saturated rings. The molecule has 3 rings (SSSR count). The fraction of sp³-hybridized carbons (Fsp3) is 0.652. The van der Waals surface area contributed by atoms with Gasteiger partial charge in [-0.2, -0.15) is 0 Å². The van der Waals surface area contributed by atoms with Crippen LogP contribution in [0.3, 0.4) is 0 Å². The summed E-state index contributed by atoms with van der Waals surface area (Å²) in [5.41, 5.74) is 3.36. The van der Waals surface area contributed by atoms with Gasteiger partial charge in [0.25, 0.3) is 0 Å². The van der Waals surface area contributed by atoms with Crippen molar-refractivity contribution in [3.05, 3.63) is 28.8 Å². The predicted octanol–water partition coefficient (Wildman–Crippen LogP) is 3.08. The number of methoxy groups -OCH3 is 2. The zero-order valence-corrected chi connectivity index (χ0v) is 18.4. The van der Waals surface area contributed by atoms with Crippen LogP contribution in [0.4, 0.5) is 0 Å². The van der Waals surface area contributed by atoms with E-state index >= 15 is 0 Å². The Morgan fingerprint density at radius 1 is 1.17 bits per heavy atom. The number of rotatable bonds is 6. The van der Waals surface area contributed by atoms with E-state index in [4.69, 9.17) is 9.47 Å². The molecule has 1 atom stereocenters. The topological polar surface area (TPSA) is 59.1 Å². The van der Waals surface area contributed by atoms with E-state index in [0.29, 0.717) is 6.54 Å². The lowest BCUT2D eigenvalue weighted by molar-refractivity contribution is -0.150. The van der Waals surface area contributed by atoms with Crippen LogP contribution in [0, 0.1) is 19.8 Å². The van der Waals surface area contributed by atoms with Gasteiger partial charge >= 0.3 is 5.97 Å². The molecule has 0 saturated carbocycles. The molecule has 2 aliphatic rings. The number of hydrogen-bond donors (Lipinski definition) is 0. The molecule has 6 heteroatoms. The van der Waals surface area contributed by atoms with Crippen LogP contribution in [-0.4, -0.2) is 61.1 Å². The second-order valence-electron chi connectivity index (χ2n) is 8.38. The van der Waals surface area contributed by atoms with Gasteiger partial charge in [-0.15, -0.1) is 0 Å². The van der Waals surface area contributed by atoms with Crippen LogP contribution in [0.25, 0.3) is 0 Å². The number of carbonyl (C=O) groups excluding carboxylic acids is 2. The van der Waals surface area contributed by atoms with Crippen molar-refractivity contribution in [1.82, 2.24) is 9.80 Å². The van der Waals surface area contributed by atoms with Gasteiger partial charge in [0.2, 0.25) is 5.91 Å². The molecule has 0 aromatic heterocycles. The highest BCUT2D eigenvalue weighted by Gasteiger charge is 2.56. The molecule has 1 amide bonds. The van der Waals surface area contributed by atoms with Crippen LogP contribution in [0.5, 0.6) is 5.75 Å². The molecule has 1 aromatic carbocycles. The average Bonchev–Trinajstić information content (AvgIpc) is 2.99. The highest BCUT2D eigenvalue weighted by atomic mass is 16.5. The number of amides is 1. The van der Waals surface area contributed by atoms with Crippen molar-refractivity contribution in [2.45, 2.75) is 58.5 Å². The van der Waals surface area contributed by atoms with Crippen LogP contribution in [0.1, 0.15) is 49.3 Å². The first-order valence-electron chi connectivity index (χ1n) is 10.6. The minimum absolute atomic E-state index is 0.0947. The fourth-order valence-electron chi connectivity index (χ4n) is 5.13. The first-order valence-corrected chi connectivity index (χ1v) is 10.6. The predicted molar refractivity (Wildman–Crippen MR) is 112 cm³/mol. The third kappa shape index (κ3) is 3.87. The molecule has 0 N–H and O–H groups in total. The zero-order chi connectivity index (χ0) is 21.2. The van der Waals surface area contributed by atoms with Gasteiger partial charge in [0.15, 0.2) is 0 Å². The van der Waals surface area contributed by atoms with E-state index < -0.39 is 0 Å². The third-order valence-electron chi connectivity index (χ3n) is 6.98. The Hall–Kier alpha value is -2.08. The van der Waals surface area contributed by atoms with E-state index in [-0.39, 0.29) is 29.8 Å². The van der Waals surface area contributed by atoms with Gasteiger partial charge in [0.05, 0.1) is 25.7 Å². The summed E-state index contributed by atoms with van der Waals surface area (Å²) in [6, 6.07) is 4.18. The summed E-state index contributed by atoms with van der Waals surface area (Å²) in [5, 5.41) is 0. The third-order valence-corrected chi connectivity index (χ3v) is 6.98. The molecule has 2 heterocycles. The second-order valence-corrected chi connectivity index (χ2v) is 8.38. The number of hydrogen-bond acceptors (Lipinski definition) is 5. The molecule has 1 aromatic rings. The molecule has 6 nitrogen and oxygen atoms in total. The normalized spacial score (nSPS) is 21.6. The lowest BCUT2D eigenvalue weighted by atomic mass is 9.76. The van der Waals surface area contributed by atoms with Gasteiger partial charge in [0.1, 0.15) is 5.75 Å². The SMILES string of the molecule is CCCN1C(=O)CC(C(=O)OC)C12CCN(Cc1ccc(OC)c(C)c1C)CC2. The van der Waals surface area contributed by atoms with Crippen molar-refractivity contribution in [3.8, 4) is 5.75 Å². The number of ether oxygens (including phenoxy) is 2. The molecule has 0 radical (unpaired) electrons. The zero-order valence-electron chi connectivity index (χ0n) is 18.4. The highest BCUT2D eigenvalue weighted by molar-refractivity contribution is 5.89. The van der Waals surface area contributed by atoms with Crippen LogP contribution in [0.15, 0.2) is 12.1 Å². The molecule has 2 aliphatic heterocycles. The minimum Gasteiger partial charge on any atom is -0.496 e. The summed E-state index contributed by atoms with van der Waals surface area (Å²) in [5.74, 6) is 0.424. The first-order chi connectivity index (χ1) is 13.9. The number of esters is 1. The van der Waals surface area contributed by atoms with E-state index in [1.54, 1.807) is 7.11 Å². The van der Waals surface area contributed by atoms with Gasteiger partial charge in [0, 0.05) is 32.6 Å². The van der Waals surface area contributed by atoms with Gasteiger partial charge in [-0.05, 0) is 55.9 Å². The molecule has 0 aliphatic carbocycles. The maximum atomic E-state index is 12.7. The average molecular weight is 403 g/mol. The van der Waals surface area contributed by atoms with Crippen LogP contribution >= 0.6 is 0 Å². The van der Waals surface area contributed by atoms with Crippen molar-refractivity contribution in [2.75, 3.05) is 33.9 Å². The summed E-state index contributed by atoms with van der Waals surface area (Å²) >= 11 is 0. The Morgan fingerprint density at radius 3 is 2.45 bits per heavy atom. The Morgan fingerprint density at radius 2 is 1.86 bits per heavy atom. The Labute approximate surface area is 174 Å². The second kappa shape index (κ2) is 8.74. The first kappa shape index (κ1) is 21.6. The van der Waals surface area contributed by atoms with Crippen LogP contribution in [-0.2, 0) is 20.9 Å². The number of nitrogens with zero attached hydrogens (tertiary/aromatic N) is 2. The molecular formula is C23H34N2O4. The van der Waals surface area contributed by atoms with Gasteiger partial charge in [-0.1, -0.05) is 13.0 Å². The van der Waals surface area contributed by atoms with E-state index in [1.807, 2.05) is 11.0 Å². The lowest BCUT2D eigenvalue weighted by Gasteiger charge is -2.47. The Balaban J connectivity index is 1.76. The van der Waals surface area contributed by atoms with E-state index in [9.17, 15) is 9.59 Å². The lowest BCUT2D eigenvalue weighted by Crippen LogP contribution is -2.57. The number of piperidine rings is 1. The molecule has 1 unspecified atom stereocenters. The van der Waals surface area contributed by atoms with Crippen molar-refractivity contribution in [1.29, 1.82) is 0 Å². The van der Waals surface area contributed by atoms with Crippen molar-refractivity contribution >= 4 is 11.9 Å². The molecule has 160 valence electrons. The molecule has 1 spiro atoms. The summed E-state index contributed by atoms with van der Waals surface area (Å²) in [6.45, 7) is 9.63. The maximum Gasteiger partial charge on any atom is 0.311 e. The molecule has 0 bridgehead atoms. The van der Waals surface area contributed by atoms with E-state index in [0.717, 1.165) is 44.6 Å². The van der Waals surface area contributed by atoms with E-state index in [1.165, 1.54) is 23.8 Å².